The number of carboxylic acid groups (broad SMARTS) is 1. The summed E-state index contributed by atoms with van der Waals surface area (Å²) in [6, 6.07) is 9.65. The number of carbonyl (C=O) groups is 1. The Morgan fingerprint density at radius 1 is 1.40 bits per heavy atom. The van der Waals surface area contributed by atoms with E-state index in [1.165, 1.54) is 6.21 Å². The third kappa shape index (κ3) is 5.46. The van der Waals surface area contributed by atoms with Crippen molar-refractivity contribution in [3.05, 3.63) is 35.9 Å². The fourth-order valence-electron chi connectivity index (χ4n) is 0.979. The van der Waals surface area contributed by atoms with Gasteiger partial charge < -0.3 is 9.94 Å². The summed E-state index contributed by atoms with van der Waals surface area (Å²) in [5.74, 6) is -0.829. The van der Waals surface area contributed by atoms with Gasteiger partial charge in [0.1, 0.15) is 6.61 Å². The Labute approximate surface area is 88.2 Å². The van der Waals surface area contributed by atoms with Crippen LogP contribution in [0.4, 0.5) is 0 Å². The van der Waals surface area contributed by atoms with Crippen molar-refractivity contribution in [1.82, 2.24) is 0 Å². The van der Waals surface area contributed by atoms with Gasteiger partial charge in [-0.05, 0) is 12.0 Å². The van der Waals surface area contributed by atoms with Gasteiger partial charge in [-0.25, -0.2) is 0 Å². The summed E-state index contributed by atoms with van der Waals surface area (Å²) >= 11 is 0. The van der Waals surface area contributed by atoms with Gasteiger partial charge in [-0.3, -0.25) is 4.79 Å². The molecule has 0 unspecified atom stereocenters. The van der Waals surface area contributed by atoms with Crippen LogP contribution < -0.4 is 0 Å². The van der Waals surface area contributed by atoms with Crippen LogP contribution in [0, 0.1) is 0 Å². The number of oxime groups is 1. The zero-order valence-electron chi connectivity index (χ0n) is 8.30. The Kier molecular flexibility index (Phi) is 4.94. The second-order valence-electron chi connectivity index (χ2n) is 2.98. The first kappa shape index (κ1) is 11.2. The molecule has 0 bridgehead atoms. The van der Waals surface area contributed by atoms with E-state index < -0.39 is 5.97 Å². The fourth-order valence-corrected chi connectivity index (χ4v) is 0.979. The number of nitrogens with zero attached hydrogens (tertiary/aromatic N) is 1. The molecule has 0 heterocycles. The van der Waals surface area contributed by atoms with E-state index in [0.29, 0.717) is 13.0 Å². The number of carboxylic acids is 1. The zero-order chi connectivity index (χ0) is 10.9. The van der Waals surface area contributed by atoms with Crippen LogP contribution in [0.5, 0.6) is 0 Å². The minimum absolute atomic E-state index is 0.0815. The van der Waals surface area contributed by atoms with E-state index in [1.807, 2.05) is 30.3 Å². The molecule has 0 amide bonds. The molecule has 1 aromatic rings. The number of hydrogen-bond donors (Lipinski definition) is 1. The Morgan fingerprint density at radius 3 is 2.80 bits per heavy atom. The number of aliphatic carboxylic acids is 1. The van der Waals surface area contributed by atoms with Gasteiger partial charge in [0.05, 0.1) is 6.42 Å². The van der Waals surface area contributed by atoms with Crippen molar-refractivity contribution in [1.29, 1.82) is 0 Å². The molecule has 0 saturated heterocycles. The average Bonchev–Trinajstić information content (AvgIpc) is 2.24. The zero-order valence-corrected chi connectivity index (χ0v) is 8.30. The van der Waals surface area contributed by atoms with Crippen molar-refractivity contribution >= 4 is 12.2 Å². The molecule has 0 aromatic heterocycles. The molecule has 0 atom stereocenters. The number of rotatable bonds is 6. The second kappa shape index (κ2) is 6.59. The summed E-state index contributed by atoms with van der Waals surface area (Å²) in [5.41, 5.74) is 1.04. The molecular formula is C11H13NO3. The molecular weight excluding hydrogens is 194 g/mol. The van der Waals surface area contributed by atoms with Crippen molar-refractivity contribution in [3.63, 3.8) is 0 Å². The van der Waals surface area contributed by atoms with Crippen LogP contribution in [0.2, 0.25) is 0 Å². The standard InChI is InChI=1S/C11H13NO3/c13-11(14)7-4-8-12-15-9-10-5-2-1-3-6-10/h1-3,5-6,8H,4,7,9H2,(H,13,14)/b12-8+. The van der Waals surface area contributed by atoms with E-state index in [9.17, 15) is 4.79 Å². The molecule has 1 aromatic carbocycles. The highest BCUT2D eigenvalue weighted by atomic mass is 16.6. The predicted octanol–water partition coefficient (Wildman–Crippen LogP) is 2.05. The summed E-state index contributed by atoms with van der Waals surface area (Å²) in [5, 5.41) is 12.0. The summed E-state index contributed by atoms with van der Waals surface area (Å²) in [6.45, 7) is 0.407. The van der Waals surface area contributed by atoms with Crippen LogP contribution >= 0.6 is 0 Å². The van der Waals surface area contributed by atoms with Crippen LogP contribution in [-0.2, 0) is 16.2 Å². The summed E-state index contributed by atoms with van der Waals surface area (Å²) in [7, 11) is 0. The number of hydrogen-bond acceptors (Lipinski definition) is 3. The SMILES string of the molecule is O=C(O)CC/C=N/OCc1ccccc1. The Morgan fingerprint density at radius 2 is 2.13 bits per heavy atom. The van der Waals surface area contributed by atoms with Crippen molar-refractivity contribution in [3.8, 4) is 0 Å². The highest BCUT2D eigenvalue weighted by molar-refractivity contribution is 5.71. The van der Waals surface area contributed by atoms with Gasteiger partial charge in [0.25, 0.3) is 0 Å². The lowest BCUT2D eigenvalue weighted by atomic mass is 10.2. The smallest absolute Gasteiger partial charge is 0.303 e. The molecule has 15 heavy (non-hydrogen) atoms. The van der Waals surface area contributed by atoms with Gasteiger partial charge >= 0.3 is 5.97 Å². The molecule has 0 fully saturated rings. The van der Waals surface area contributed by atoms with Gasteiger partial charge in [-0.15, -0.1) is 0 Å². The van der Waals surface area contributed by atoms with Crippen molar-refractivity contribution in [2.24, 2.45) is 5.16 Å². The van der Waals surface area contributed by atoms with Gasteiger partial charge in [0.2, 0.25) is 0 Å². The van der Waals surface area contributed by atoms with Crippen LogP contribution in [0.3, 0.4) is 0 Å². The van der Waals surface area contributed by atoms with Gasteiger partial charge in [0, 0.05) is 6.21 Å². The normalized spacial score (nSPS) is 10.4. The Bertz CT molecular complexity index is 322. The van der Waals surface area contributed by atoms with Crippen LogP contribution in [0.15, 0.2) is 35.5 Å². The Balaban J connectivity index is 2.14. The maximum absolute atomic E-state index is 10.2. The molecule has 0 spiro atoms. The summed E-state index contributed by atoms with van der Waals surface area (Å²) < 4.78 is 0. The molecule has 4 nitrogen and oxygen atoms in total. The minimum atomic E-state index is -0.829. The maximum atomic E-state index is 10.2. The Hall–Kier alpha value is -1.84. The quantitative estimate of drug-likeness (QED) is 0.573. The van der Waals surface area contributed by atoms with E-state index >= 15 is 0 Å². The maximum Gasteiger partial charge on any atom is 0.303 e. The lowest BCUT2D eigenvalue weighted by Gasteiger charge is -1.98. The third-order valence-electron chi connectivity index (χ3n) is 1.71. The molecule has 0 radical (unpaired) electrons. The van der Waals surface area contributed by atoms with Gasteiger partial charge in [-0.1, -0.05) is 35.5 Å². The van der Waals surface area contributed by atoms with E-state index in [0.717, 1.165) is 5.56 Å². The third-order valence-corrected chi connectivity index (χ3v) is 1.71. The molecule has 0 saturated carbocycles. The van der Waals surface area contributed by atoms with Crippen molar-refractivity contribution in [2.75, 3.05) is 0 Å². The fraction of sp³-hybridized carbons (Fsp3) is 0.273. The average molecular weight is 207 g/mol. The lowest BCUT2D eigenvalue weighted by molar-refractivity contribution is -0.136. The molecule has 0 aliphatic rings. The summed E-state index contributed by atoms with van der Waals surface area (Å²) in [6.07, 6.45) is 1.94. The molecule has 0 aliphatic heterocycles. The molecule has 0 aliphatic carbocycles. The van der Waals surface area contributed by atoms with E-state index in [2.05, 4.69) is 5.16 Å². The molecule has 4 heteroatoms. The van der Waals surface area contributed by atoms with E-state index in [1.54, 1.807) is 0 Å². The highest BCUT2D eigenvalue weighted by Gasteiger charge is 1.92. The van der Waals surface area contributed by atoms with Crippen LogP contribution in [0.1, 0.15) is 18.4 Å². The van der Waals surface area contributed by atoms with Gasteiger partial charge in [0.15, 0.2) is 0 Å². The topological polar surface area (TPSA) is 58.9 Å². The van der Waals surface area contributed by atoms with Crippen molar-refractivity contribution < 1.29 is 14.7 Å². The molecule has 80 valence electrons. The van der Waals surface area contributed by atoms with E-state index in [-0.39, 0.29) is 6.42 Å². The molecule has 1 N–H and O–H groups in total. The number of benzene rings is 1. The van der Waals surface area contributed by atoms with Crippen LogP contribution in [0.25, 0.3) is 0 Å². The summed E-state index contributed by atoms with van der Waals surface area (Å²) in [4.78, 5) is 15.1. The first-order valence-corrected chi connectivity index (χ1v) is 4.68. The predicted molar refractivity (Wildman–Crippen MR) is 56.6 cm³/mol. The first-order chi connectivity index (χ1) is 7.29. The van der Waals surface area contributed by atoms with Crippen molar-refractivity contribution in [2.45, 2.75) is 19.4 Å². The largest absolute Gasteiger partial charge is 0.481 e. The monoisotopic (exact) mass is 207 g/mol. The van der Waals surface area contributed by atoms with E-state index in [4.69, 9.17) is 9.94 Å². The molecule has 1 rings (SSSR count). The highest BCUT2D eigenvalue weighted by Crippen LogP contribution is 2.00. The lowest BCUT2D eigenvalue weighted by Crippen LogP contribution is -1.94. The minimum Gasteiger partial charge on any atom is -0.481 e. The second-order valence-corrected chi connectivity index (χ2v) is 2.98. The van der Waals surface area contributed by atoms with Crippen LogP contribution in [-0.4, -0.2) is 17.3 Å². The first-order valence-electron chi connectivity index (χ1n) is 4.68. The van der Waals surface area contributed by atoms with Gasteiger partial charge in [-0.2, -0.15) is 0 Å².